The highest BCUT2D eigenvalue weighted by molar-refractivity contribution is 5.88. The smallest absolute Gasteiger partial charge is 0.243 e. The Hall–Kier alpha value is -3.02. The number of nitrogens with one attached hydrogen (secondary N) is 1. The average Bonchev–Trinajstić information content (AvgIpc) is 2.79. The lowest BCUT2D eigenvalue weighted by Crippen LogP contribution is -2.53. The molecule has 1 atom stereocenters. The number of amides is 2. The highest BCUT2D eigenvalue weighted by Gasteiger charge is 2.30. The van der Waals surface area contributed by atoms with Crippen molar-refractivity contribution in [3.8, 4) is 11.5 Å². The molecule has 1 N–H and O–H groups in total. The molecule has 0 aliphatic heterocycles. The molecule has 2 rings (SSSR count). The zero-order chi connectivity index (χ0) is 26.0. The van der Waals surface area contributed by atoms with Gasteiger partial charge in [0.1, 0.15) is 6.04 Å². The first-order chi connectivity index (χ1) is 16.6. The third kappa shape index (κ3) is 8.61. The fourth-order valence-electron chi connectivity index (χ4n) is 3.99. The molecule has 1 unspecified atom stereocenters. The van der Waals surface area contributed by atoms with E-state index in [1.165, 1.54) is 0 Å². The van der Waals surface area contributed by atoms with Crippen molar-refractivity contribution in [3.05, 3.63) is 59.2 Å². The predicted molar refractivity (Wildman–Crippen MR) is 141 cm³/mol. The first kappa shape index (κ1) is 28.2. The van der Waals surface area contributed by atoms with Crippen LogP contribution in [-0.2, 0) is 22.6 Å². The van der Waals surface area contributed by atoms with Crippen LogP contribution in [0.2, 0.25) is 0 Å². The normalized spacial score (nSPS) is 12.1. The molecule has 0 aliphatic carbocycles. The van der Waals surface area contributed by atoms with Crippen LogP contribution in [0, 0.1) is 6.92 Å². The standard InChI is InChI=1S/C29H42N2O4/c1-8-24(28(33)30-29(5,6)7)31(20-23-14-12-11-13-21(23)4)27(32)18-16-22-15-17-25(34-9-2)26(19-22)35-10-3/h11-15,17,19,24H,8-10,16,18,20H2,1-7H3,(H,30,33). The maximum atomic E-state index is 13.6. The van der Waals surface area contributed by atoms with E-state index in [1.54, 1.807) is 4.90 Å². The molecule has 2 aromatic carbocycles. The van der Waals surface area contributed by atoms with Crippen molar-refractivity contribution in [1.29, 1.82) is 0 Å². The van der Waals surface area contributed by atoms with Gasteiger partial charge in [-0.05, 0) is 83.2 Å². The first-order valence-electron chi connectivity index (χ1n) is 12.6. The Morgan fingerprint density at radius 3 is 2.23 bits per heavy atom. The second kappa shape index (κ2) is 13.2. The molecular formula is C29H42N2O4. The van der Waals surface area contributed by atoms with Gasteiger partial charge in [-0.1, -0.05) is 37.3 Å². The van der Waals surface area contributed by atoms with Gasteiger partial charge in [0.25, 0.3) is 0 Å². The van der Waals surface area contributed by atoms with Crippen molar-refractivity contribution in [2.24, 2.45) is 0 Å². The number of hydrogen-bond acceptors (Lipinski definition) is 4. The topological polar surface area (TPSA) is 67.9 Å². The van der Waals surface area contributed by atoms with E-state index in [2.05, 4.69) is 5.32 Å². The summed E-state index contributed by atoms with van der Waals surface area (Å²) in [7, 11) is 0. The van der Waals surface area contributed by atoms with E-state index in [-0.39, 0.29) is 17.4 Å². The van der Waals surface area contributed by atoms with Crippen LogP contribution in [0.1, 0.15) is 71.1 Å². The van der Waals surface area contributed by atoms with Crippen molar-refractivity contribution in [2.75, 3.05) is 13.2 Å². The summed E-state index contributed by atoms with van der Waals surface area (Å²) in [6.07, 6.45) is 1.38. The molecule has 6 heteroatoms. The SMILES string of the molecule is CCOc1ccc(CCC(=O)N(Cc2ccccc2C)C(CC)C(=O)NC(C)(C)C)cc1OCC. The van der Waals surface area contributed by atoms with E-state index in [0.29, 0.717) is 50.5 Å². The third-order valence-corrected chi connectivity index (χ3v) is 5.72. The van der Waals surface area contributed by atoms with Crippen molar-refractivity contribution in [2.45, 2.75) is 85.9 Å². The molecule has 0 heterocycles. The van der Waals surface area contributed by atoms with Gasteiger partial charge in [0.05, 0.1) is 13.2 Å². The molecule has 35 heavy (non-hydrogen) atoms. The highest BCUT2D eigenvalue weighted by atomic mass is 16.5. The van der Waals surface area contributed by atoms with E-state index in [1.807, 2.05) is 90.9 Å². The van der Waals surface area contributed by atoms with Crippen LogP contribution >= 0.6 is 0 Å². The van der Waals surface area contributed by atoms with Gasteiger partial charge in [0, 0.05) is 18.5 Å². The molecule has 2 aromatic rings. The van der Waals surface area contributed by atoms with Gasteiger partial charge in [-0.25, -0.2) is 0 Å². The van der Waals surface area contributed by atoms with Gasteiger partial charge in [-0.15, -0.1) is 0 Å². The van der Waals surface area contributed by atoms with E-state index < -0.39 is 6.04 Å². The summed E-state index contributed by atoms with van der Waals surface area (Å²) in [5.74, 6) is 1.22. The minimum absolute atomic E-state index is 0.0454. The molecule has 0 radical (unpaired) electrons. The Labute approximate surface area is 211 Å². The van der Waals surface area contributed by atoms with Crippen LogP contribution in [-0.4, -0.2) is 41.5 Å². The van der Waals surface area contributed by atoms with Crippen LogP contribution in [0.3, 0.4) is 0 Å². The van der Waals surface area contributed by atoms with Crippen LogP contribution < -0.4 is 14.8 Å². The van der Waals surface area contributed by atoms with E-state index >= 15 is 0 Å². The molecule has 0 saturated carbocycles. The lowest BCUT2D eigenvalue weighted by Gasteiger charge is -2.33. The Morgan fingerprint density at radius 1 is 0.971 bits per heavy atom. The maximum absolute atomic E-state index is 13.6. The van der Waals surface area contributed by atoms with Crippen LogP contribution in [0.15, 0.2) is 42.5 Å². The lowest BCUT2D eigenvalue weighted by molar-refractivity contribution is -0.142. The summed E-state index contributed by atoms with van der Waals surface area (Å²) in [5.41, 5.74) is 2.76. The van der Waals surface area contributed by atoms with E-state index in [4.69, 9.17) is 9.47 Å². The number of ether oxygens (including phenoxy) is 2. The summed E-state index contributed by atoms with van der Waals surface area (Å²) in [6.45, 7) is 15.2. The fraction of sp³-hybridized carbons (Fsp3) is 0.517. The minimum atomic E-state index is -0.541. The Balaban J connectivity index is 2.27. The summed E-state index contributed by atoms with van der Waals surface area (Å²) >= 11 is 0. The summed E-state index contributed by atoms with van der Waals surface area (Å²) in [5, 5.41) is 3.06. The number of nitrogens with zero attached hydrogens (tertiary/aromatic N) is 1. The molecule has 6 nitrogen and oxygen atoms in total. The molecule has 0 fully saturated rings. The largest absolute Gasteiger partial charge is 0.490 e. The molecule has 192 valence electrons. The fourth-order valence-corrected chi connectivity index (χ4v) is 3.99. The van der Waals surface area contributed by atoms with Crippen molar-refractivity contribution < 1.29 is 19.1 Å². The van der Waals surface area contributed by atoms with Gasteiger partial charge in [-0.2, -0.15) is 0 Å². The van der Waals surface area contributed by atoms with Crippen molar-refractivity contribution >= 4 is 11.8 Å². The zero-order valence-corrected chi connectivity index (χ0v) is 22.4. The van der Waals surface area contributed by atoms with Crippen LogP contribution in [0.5, 0.6) is 11.5 Å². The highest BCUT2D eigenvalue weighted by Crippen LogP contribution is 2.29. The number of rotatable bonds is 12. The van der Waals surface area contributed by atoms with Gasteiger partial charge in [0.2, 0.25) is 11.8 Å². The van der Waals surface area contributed by atoms with Gasteiger partial charge in [0.15, 0.2) is 11.5 Å². The minimum Gasteiger partial charge on any atom is -0.490 e. The van der Waals surface area contributed by atoms with Crippen molar-refractivity contribution in [1.82, 2.24) is 10.2 Å². The lowest BCUT2D eigenvalue weighted by atomic mass is 10.0. The molecule has 0 aliphatic rings. The summed E-state index contributed by atoms with van der Waals surface area (Å²) in [6, 6.07) is 13.3. The monoisotopic (exact) mass is 482 g/mol. The number of carbonyl (C=O) groups is 2. The summed E-state index contributed by atoms with van der Waals surface area (Å²) in [4.78, 5) is 28.5. The molecule has 0 aromatic heterocycles. The second-order valence-electron chi connectivity index (χ2n) is 9.76. The quantitative estimate of drug-likeness (QED) is 0.437. The van der Waals surface area contributed by atoms with E-state index in [0.717, 1.165) is 16.7 Å². The Kier molecular flexibility index (Phi) is 10.6. The van der Waals surface area contributed by atoms with Crippen LogP contribution in [0.25, 0.3) is 0 Å². The second-order valence-corrected chi connectivity index (χ2v) is 9.76. The van der Waals surface area contributed by atoms with Gasteiger partial charge >= 0.3 is 0 Å². The van der Waals surface area contributed by atoms with Gasteiger partial charge in [-0.3, -0.25) is 9.59 Å². The molecule has 0 spiro atoms. The number of aryl methyl sites for hydroxylation is 2. The van der Waals surface area contributed by atoms with E-state index in [9.17, 15) is 9.59 Å². The number of hydrogen-bond donors (Lipinski definition) is 1. The Bertz CT molecular complexity index is 981. The Morgan fingerprint density at radius 2 is 1.63 bits per heavy atom. The summed E-state index contributed by atoms with van der Waals surface area (Å²) < 4.78 is 11.4. The molecule has 2 amide bonds. The average molecular weight is 483 g/mol. The van der Waals surface area contributed by atoms with Crippen molar-refractivity contribution in [3.63, 3.8) is 0 Å². The molecular weight excluding hydrogens is 440 g/mol. The number of carbonyl (C=O) groups excluding carboxylic acids is 2. The molecule has 0 saturated heterocycles. The van der Waals surface area contributed by atoms with Crippen LogP contribution in [0.4, 0.5) is 0 Å². The molecule has 0 bridgehead atoms. The number of benzene rings is 2. The first-order valence-corrected chi connectivity index (χ1v) is 12.6. The van der Waals surface area contributed by atoms with Gasteiger partial charge < -0.3 is 19.7 Å². The third-order valence-electron chi connectivity index (χ3n) is 5.72. The predicted octanol–water partition coefficient (Wildman–Crippen LogP) is 5.45. The maximum Gasteiger partial charge on any atom is 0.243 e. The zero-order valence-electron chi connectivity index (χ0n) is 22.4.